The van der Waals surface area contributed by atoms with Gasteiger partial charge in [-0.1, -0.05) is 45.8 Å². The largest absolute Gasteiger partial charge is 0.393 e. The zero-order valence-electron chi connectivity index (χ0n) is 17.9. The van der Waals surface area contributed by atoms with Crippen molar-refractivity contribution < 1.29 is 15.0 Å². The number of carbonyl (C=O) groups is 1. The number of hydrogen-bond acceptors (Lipinski definition) is 3. The highest BCUT2D eigenvalue weighted by atomic mass is 16.3. The normalized spacial score (nSPS) is 48.6. The Morgan fingerprint density at radius 1 is 0.963 bits per heavy atom. The maximum atomic E-state index is 12.5. The molecule has 0 bridgehead atoms. The number of aliphatic hydroxyl groups is 2. The first-order chi connectivity index (χ1) is 12.5. The van der Waals surface area contributed by atoms with Crippen molar-refractivity contribution in [3.05, 3.63) is 11.1 Å². The summed E-state index contributed by atoms with van der Waals surface area (Å²) in [5.41, 5.74) is 3.56. The topological polar surface area (TPSA) is 57.5 Å². The molecule has 0 spiro atoms. The lowest BCUT2D eigenvalue weighted by Crippen LogP contribution is -2.55. The number of Topliss-reactive ketones (excluding diaryl/α,β-unsaturated/α-hetero) is 1. The molecule has 0 aromatic rings. The molecule has 6 atom stereocenters. The lowest BCUT2D eigenvalue weighted by molar-refractivity contribution is -0.131. The summed E-state index contributed by atoms with van der Waals surface area (Å²) in [6, 6.07) is 0. The first-order valence-corrected chi connectivity index (χ1v) is 11.1. The Morgan fingerprint density at radius 2 is 1.67 bits per heavy atom. The standard InChI is InChI=1S/C24H38O3/c1-21(2)19-7-6-16-15(22(19,3)11-10-20(21)27)8-12-24(5)17(18(26)14-25)9-13-23(16,24)4/h17,19-20,25,27H,6-14H2,1-5H3/t17-,19?,20?,22-,23+,24-/m1/s1. The first-order valence-electron chi connectivity index (χ1n) is 11.1. The van der Waals surface area contributed by atoms with Gasteiger partial charge in [-0.15, -0.1) is 0 Å². The molecule has 0 heterocycles. The third kappa shape index (κ3) is 2.31. The second-order valence-electron chi connectivity index (χ2n) is 11.3. The van der Waals surface area contributed by atoms with E-state index in [4.69, 9.17) is 0 Å². The van der Waals surface area contributed by atoms with Gasteiger partial charge in [-0.3, -0.25) is 4.79 Å². The van der Waals surface area contributed by atoms with Crippen molar-refractivity contribution in [2.24, 2.45) is 33.5 Å². The summed E-state index contributed by atoms with van der Waals surface area (Å²) < 4.78 is 0. The highest BCUT2D eigenvalue weighted by Gasteiger charge is 2.63. The van der Waals surface area contributed by atoms with Gasteiger partial charge in [0.25, 0.3) is 0 Å². The fraction of sp³-hybridized carbons (Fsp3) is 0.875. The molecule has 3 heteroatoms. The molecular weight excluding hydrogens is 336 g/mol. The SMILES string of the molecule is CC1(C)C(O)CC[C@]2(C)C3=C(CCC12)[C@]1(C)CC[C@H](C(=O)CO)[C@@]1(C)CC3. The number of hydrogen-bond donors (Lipinski definition) is 2. The quantitative estimate of drug-likeness (QED) is 0.691. The van der Waals surface area contributed by atoms with Crippen molar-refractivity contribution in [2.45, 2.75) is 92.1 Å². The van der Waals surface area contributed by atoms with Gasteiger partial charge in [-0.25, -0.2) is 0 Å². The Balaban J connectivity index is 1.79. The molecule has 2 N–H and O–H groups in total. The zero-order valence-corrected chi connectivity index (χ0v) is 17.9. The molecule has 2 fully saturated rings. The summed E-state index contributed by atoms with van der Waals surface area (Å²) in [5.74, 6) is 0.598. The summed E-state index contributed by atoms with van der Waals surface area (Å²) >= 11 is 0. The summed E-state index contributed by atoms with van der Waals surface area (Å²) in [6.07, 6.45) is 8.23. The summed E-state index contributed by atoms with van der Waals surface area (Å²) in [6.45, 7) is 11.4. The maximum absolute atomic E-state index is 12.5. The molecule has 0 saturated heterocycles. The first kappa shape index (κ1) is 19.6. The van der Waals surface area contributed by atoms with E-state index >= 15 is 0 Å². The van der Waals surface area contributed by atoms with Crippen LogP contribution in [-0.4, -0.2) is 28.7 Å². The van der Waals surface area contributed by atoms with Gasteiger partial charge in [-0.05, 0) is 78.9 Å². The average Bonchev–Trinajstić information content (AvgIpc) is 2.90. The van der Waals surface area contributed by atoms with E-state index in [-0.39, 0.29) is 46.1 Å². The Labute approximate surface area is 164 Å². The highest BCUT2D eigenvalue weighted by Crippen LogP contribution is 2.71. The van der Waals surface area contributed by atoms with E-state index in [1.54, 1.807) is 11.1 Å². The monoisotopic (exact) mass is 374 g/mol. The summed E-state index contributed by atoms with van der Waals surface area (Å²) in [5, 5.41) is 20.2. The number of rotatable bonds is 2. The molecule has 152 valence electrons. The maximum Gasteiger partial charge on any atom is 0.161 e. The van der Waals surface area contributed by atoms with Gasteiger partial charge in [0.15, 0.2) is 5.78 Å². The van der Waals surface area contributed by atoms with Gasteiger partial charge < -0.3 is 10.2 Å². The number of allylic oxidation sites excluding steroid dienone is 2. The Kier molecular flexibility index (Phi) is 4.31. The van der Waals surface area contributed by atoms with Crippen molar-refractivity contribution in [2.75, 3.05) is 6.61 Å². The molecule has 0 amide bonds. The number of carbonyl (C=O) groups excluding carboxylic acids is 1. The predicted molar refractivity (Wildman–Crippen MR) is 107 cm³/mol. The minimum Gasteiger partial charge on any atom is -0.393 e. The van der Waals surface area contributed by atoms with Crippen LogP contribution in [0.15, 0.2) is 11.1 Å². The molecule has 0 aromatic carbocycles. The smallest absolute Gasteiger partial charge is 0.161 e. The fourth-order valence-electron chi connectivity index (χ4n) is 8.30. The van der Waals surface area contributed by atoms with Crippen LogP contribution < -0.4 is 0 Å². The van der Waals surface area contributed by atoms with Crippen LogP contribution in [0.2, 0.25) is 0 Å². The lowest BCUT2D eigenvalue weighted by Gasteiger charge is -2.61. The van der Waals surface area contributed by atoms with Crippen molar-refractivity contribution in [1.29, 1.82) is 0 Å². The Bertz CT molecular complexity index is 692. The van der Waals surface area contributed by atoms with Crippen molar-refractivity contribution in [1.82, 2.24) is 0 Å². The molecule has 4 rings (SSSR count). The Hall–Kier alpha value is -0.670. The van der Waals surface area contributed by atoms with Crippen LogP contribution >= 0.6 is 0 Å². The van der Waals surface area contributed by atoms with Crippen LogP contribution in [0, 0.1) is 33.5 Å². The van der Waals surface area contributed by atoms with Crippen molar-refractivity contribution in [3.8, 4) is 0 Å². The second-order valence-corrected chi connectivity index (χ2v) is 11.3. The number of ketones is 1. The van der Waals surface area contributed by atoms with E-state index in [2.05, 4.69) is 34.6 Å². The molecule has 0 aromatic heterocycles. The van der Waals surface area contributed by atoms with E-state index in [1.165, 1.54) is 0 Å². The molecule has 0 radical (unpaired) electrons. The lowest BCUT2D eigenvalue weighted by atomic mass is 9.43. The van der Waals surface area contributed by atoms with Crippen LogP contribution in [-0.2, 0) is 4.79 Å². The zero-order chi connectivity index (χ0) is 19.8. The van der Waals surface area contributed by atoms with Gasteiger partial charge in [-0.2, -0.15) is 0 Å². The molecule has 3 nitrogen and oxygen atoms in total. The molecular formula is C24H38O3. The summed E-state index contributed by atoms with van der Waals surface area (Å²) in [4.78, 5) is 12.5. The fourth-order valence-corrected chi connectivity index (χ4v) is 8.30. The van der Waals surface area contributed by atoms with Gasteiger partial charge in [0.05, 0.1) is 6.10 Å². The van der Waals surface area contributed by atoms with Crippen LogP contribution in [0.1, 0.15) is 86.0 Å². The second kappa shape index (κ2) is 5.92. The van der Waals surface area contributed by atoms with Crippen LogP contribution in [0.4, 0.5) is 0 Å². The molecule has 2 saturated carbocycles. The highest BCUT2D eigenvalue weighted by molar-refractivity contribution is 5.83. The van der Waals surface area contributed by atoms with Gasteiger partial charge in [0.2, 0.25) is 0 Å². The average molecular weight is 375 g/mol. The third-order valence-corrected chi connectivity index (χ3v) is 10.3. The van der Waals surface area contributed by atoms with Gasteiger partial charge >= 0.3 is 0 Å². The van der Waals surface area contributed by atoms with Crippen molar-refractivity contribution in [3.63, 3.8) is 0 Å². The van der Waals surface area contributed by atoms with Crippen LogP contribution in [0.25, 0.3) is 0 Å². The third-order valence-electron chi connectivity index (χ3n) is 10.3. The predicted octanol–water partition coefficient (Wildman–Crippen LogP) is 4.66. The molecule has 4 aliphatic carbocycles. The minimum absolute atomic E-state index is 0.0108. The molecule has 4 aliphatic rings. The number of aliphatic hydroxyl groups excluding tert-OH is 2. The van der Waals surface area contributed by atoms with Crippen molar-refractivity contribution >= 4 is 5.78 Å². The van der Waals surface area contributed by atoms with Gasteiger partial charge in [0, 0.05) is 5.92 Å². The van der Waals surface area contributed by atoms with Crippen LogP contribution in [0.5, 0.6) is 0 Å². The molecule has 27 heavy (non-hydrogen) atoms. The molecule has 2 unspecified atom stereocenters. The van der Waals surface area contributed by atoms with E-state index in [9.17, 15) is 15.0 Å². The van der Waals surface area contributed by atoms with E-state index in [1.807, 2.05) is 0 Å². The Morgan fingerprint density at radius 3 is 2.33 bits per heavy atom. The molecule has 0 aliphatic heterocycles. The van der Waals surface area contributed by atoms with E-state index in [0.29, 0.717) is 5.92 Å². The minimum atomic E-state index is -0.311. The summed E-state index contributed by atoms with van der Waals surface area (Å²) in [7, 11) is 0. The van der Waals surface area contributed by atoms with Gasteiger partial charge in [0.1, 0.15) is 6.61 Å². The van der Waals surface area contributed by atoms with E-state index < -0.39 is 0 Å². The number of fused-ring (bicyclic) bond motifs is 4. The van der Waals surface area contributed by atoms with E-state index in [0.717, 1.165) is 51.4 Å². The van der Waals surface area contributed by atoms with Crippen LogP contribution in [0.3, 0.4) is 0 Å².